The maximum atomic E-state index is 11.6. The molecule has 0 amide bonds. The van der Waals surface area contributed by atoms with Crippen molar-refractivity contribution in [1.29, 1.82) is 0 Å². The van der Waals surface area contributed by atoms with Crippen molar-refractivity contribution in [3.05, 3.63) is 66.9 Å². The van der Waals surface area contributed by atoms with Crippen molar-refractivity contribution in [2.24, 2.45) is 10.2 Å². The zero-order valence-electron chi connectivity index (χ0n) is 17.0. The molecule has 0 aliphatic heterocycles. The van der Waals surface area contributed by atoms with Gasteiger partial charge in [-0.1, -0.05) is 18.2 Å². The summed E-state index contributed by atoms with van der Waals surface area (Å²) in [6.45, 7) is 0. The molecule has 9 nitrogen and oxygen atoms in total. The zero-order chi connectivity index (χ0) is 21.5. The first-order valence-electron chi connectivity index (χ1n) is 8.37. The van der Waals surface area contributed by atoms with Crippen LogP contribution in [0.1, 0.15) is 0 Å². The topological polar surface area (TPSA) is 152 Å². The van der Waals surface area contributed by atoms with Crippen LogP contribution in [0.15, 0.2) is 86.9 Å². The average Bonchev–Trinajstić information content (AvgIpc) is 2.69. The predicted molar refractivity (Wildman–Crippen MR) is 106 cm³/mol. The number of hydrogen-bond donors (Lipinski definition) is 0. The van der Waals surface area contributed by atoms with Crippen LogP contribution >= 0.6 is 0 Å². The maximum absolute atomic E-state index is 11.6. The predicted octanol–water partition coefficient (Wildman–Crippen LogP) is -2.38. The number of pyridine rings is 1. The fourth-order valence-corrected chi connectivity index (χ4v) is 4.16. The maximum Gasteiger partial charge on any atom is 1.00 e. The van der Waals surface area contributed by atoms with E-state index in [2.05, 4.69) is 15.2 Å². The van der Waals surface area contributed by atoms with Crippen LogP contribution in [0.2, 0.25) is 0 Å². The monoisotopic (exact) mass is 487 g/mol. The van der Waals surface area contributed by atoms with Gasteiger partial charge in [0.15, 0.2) is 0 Å². The van der Waals surface area contributed by atoms with Gasteiger partial charge in [-0.3, -0.25) is 4.98 Å². The SMILES string of the molecule is O=S(=O)([O-])c1ccc2cc(N=Nc3cc(S(=O)(=O)[O-])c4cccnc4c3)ccc2c1.[Na+].[Na+]. The molecule has 0 spiro atoms. The number of benzene rings is 3. The van der Waals surface area contributed by atoms with E-state index in [1.165, 1.54) is 42.6 Å². The summed E-state index contributed by atoms with van der Waals surface area (Å²) in [7, 11) is -9.30. The minimum Gasteiger partial charge on any atom is -0.744 e. The number of aromatic nitrogens is 1. The molecule has 0 aliphatic carbocycles. The summed E-state index contributed by atoms with van der Waals surface area (Å²) in [5.74, 6) is 0. The Morgan fingerprint density at radius 2 is 1.38 bits per heavy atom. The van der Waals surface area contributed by atoms with Gasteiger partial charge in [0.25, 0.3) is 0 Å². The van der Waals surface area contributed by atoms with E-state index in [4.69, 9.17) is 0 Å². The second-order valence-electron chi connectivity index (χ2n) is 6.32. The second-order valence-corrected chi connectivity index (χ2v) is 9.04. The minimum atomic E-state index is -4.75. The Morgan fingerprint density at radius 3 is 2.06 bits per heavy atom. The van der Waals surface area contributed by atoms with Crippen LogP contribution in [0.4, 0.5) is 11.4 Å². The van der Waals surface area contributed by atoms with Crippen LogP contribution in [0, 0.1) is 0 Å². The third-order valence-electron chi connectivity index (χ3n) is 4.30. The van der Waals surface area contributed by atoms with Crippen molar-refractivity contribution in [3.8, 4) is 0 Å². The van der Waals surface area contributed by atoms with E-state index >= 15 is 0 Å². The summed E-state index contributed by atoms with van der Waals surface area (Å²) < 4.78 is 68.2. The van der Waals surface area contributed by atoms with Gasteiger partial charge in [-0.15, -0.1) is 0 Å². The van der Waals surface area contributed by atoms with Gasteiger partial charge in [0.1, 0.15) is 20.2 Å². The fraction of sp³-hybridized carbons (Fsp3) is 0. The Bertz CT molecular complexity index is 1560. The molecule has 0 fully saturated rings. The quantitative estimate of drug-likeness (QED) is 0.177. The van der Waals surface area contributed by atoms with Crippen LogP contribution in [-0.4, -0.2) is 30.9 Å². The number of nitrogens with zero attached hydrogens (tertiary/aromatic N) is 3. The first-order chi connectivity index (χ1) is 14.1. The molecule has 13 heteroatoms. The third kappa shape index (κ3) is 6.00. The molecule has 0 radical (unpaired) electrons. The molecule has 1 heterocycles. The number of fused-ring (bicyclic) bond motifs is 2. The summed E-state index contributed by atoms with van der Waals surface area (Å²) in [5.41, 5.74) is 0.810. The van der Waals surface area contributed by atoms with Crippen molar-refractivity contribution in [1.82, 2.24) is 4.98 Å². The molecule has 152 valence electrons. The molecule has 4 aromatic rings. The van der Waals surface area contributed by atoms with Gasteiger partial charge in [-0.05, 0) is 53.2 Å². The molecule has 0 bridgehead atoms. The van der Waals surface area contributed by atoms with Gasteiger partial charge < -0.3 is 9.11 Å². The van der Waals surface area contributed by atoms with Gasteiger partial charge >= 0.3 is 59.1 Å². The molecule has 0 unspecified atom stereocenters. The molecule has 0 atom stereocenters. The van der Waals surface area contributed by atoms with Crippen molar-refractivity contribution in [2.75, 3.05) is 0 Å². The number of azo groups is 1. The molecule has 0 N–H and O–H groups in total. The minimum absolute atomic E-state index is 0. The molecule has 3 aromatic carbocycles. The molecule has 0 saturated carbocycles. The molecule has 1 aromatic heterocycles. The Hall–Kier alpha value is -1.25. The van der Waals surface area contributed by atoms with E-state index in [1.807, 2.05) is 0 Å². The standard InChI is InChI=1S/C19H13N3O6S2.2Na/c23-29(24,25)16-6-4-12-8-14(5-3-13(12)9-16)21-22-15-10-18-17(2-1-7-20-18)19(11-15)30(26,27)28;;/h1-11H,(H,23,24,25)(H,26,27,28);;/q;2*+1/p-2. The van der Waals surface area contributed by atoms with Crippen molar-refractivity contribution in [2.45, 2.75) is 9.79 Å². The van der Waals surface area contributed by atoms with E-state index in [0.29, 0.717) is 16.5 Å². The molecule has 0 aliphatic rings. The van der Waals surface area contributed by atoms with Crippen LogP contribution in [0.5, 0.6) is 0 Å². The van der Waals surface area contributed by atoms with Gasteiger partial charge in [0, 0.05) is 11.6 Å². The molecule has 4 rings (SSSR count). The zero-order valence-corrected chi connectivity index (χ0v) is 22.6. The van der Waals surface area contributed by atoms with E-state index in [0.717, 1.165) is 6.07 Å². The van der Waals surface area contributed by atoms with Gasteiger partial charge in [-0.25, -0.2) is 16.8 Å². The number of rotatable bonds is 4. The van der Waals surface area contributed by atoms with Crippen LogP contribution in [0.25, 0.3) is 21.7 Å². The average molecular weight is 487 g/mol. The van der Waals surface area contributed by atoms with Crippen LogP contribution < -0.4 is 59.1 Å². The van der Waals surface area contributed by atoms with E-state index in [9.17, 15) is 25.9 Å². The first-order valence-corrected chi connectivity index (χ1v) is 11.2. The molecule has 32 heavy (non-hydrogen) atoms. The van der Waals surface area contributed by atoms with Crippen molar-refractivity contribution >= 4 is 53.3 Å². The largest absolute Gasteiger partial charge is 1.00 e. The molecular weight excluding hydrogens is 476 g/mol. The summed E-state index contributed by atoms with van der Waals surface area (Å²) in [6, 6.07) is 14.3. The van der Waals surface area contributed by atoms with Crippen molar-refractivity contribution < 1.29 is 85.1 Å². The Labute approximate surface area is 228 Å². The Kier molecular flexibility index (Phi) is 8.73. The van der Waals surface area contributed by atoms with E-state index < -0.39 is 25.1 Å². The van der Waals surface area contributed by atoms with Crippen LogP contribution in [-0.2, 0) is 20.2 Å². The first kappa shape index (κ1) is 27.0. The Morgan fingerprint density at radius 1 is 0.719 bits per heavy atom. The van der Waals surface area contributed by atoms with E-state index in [1.54, 1.807) is 18.2 Å². The van der Waals surface area contributed by atoms with Crippen molar-refractivity contribution in [3.63, 3.8) is 0 Å². The van der Waals surface area contributed by atoms with Gasteiger partial charge in [0.05, 0.1) is 26.7 Å². The normalized spacial score (nSPS) is 11.9. The van der Waals surface area contributed by atoms with Crippen LogP contribution in [0.3, 0.4) is 0 Å². The van der Waals surface area contributed by atoms with Gasteiger partial charge in [0.2, 0.25) is 0 Å². The second kappa shape index (κ2) is 10.3. The summed E-state index contributed by atoms with van der Waals surface area (Å²) >= 11 is 0. The third-order valence-corrected chi connectivity index (χ3v) is 6.01. The summed E-state index contributed by atoms with van der Waals surface area (Å²) in [5, 5.41) is 9.40. The smallest absolute Gasteiger partial charge is 0.744 e. The number of hydrogen-bond acceptors (Lipinski definition) is 9. The fourth-order valence-electron chi connectivity index (χ4n) is 2.94. The summed E-state index contributed by atoms with van der Waals surface area (Å²) in [6.07, 6.45) is 1.46. The molecular formula is C19H11N3Na2O6S2. The van der Waals surface area contributed by atoms with Gasteiger partial charge in [-0.2, -0.15) is 10.2 Å². The summed E-state index contributed by atoms with van der Waals surface area (Å²) in [4.78, 5) is 3.29. The Balaban J connectivity index is 0.00000181. The molecule has 0 saturated heterocycles. The van der Waals surface area contributed by atoms with E-state index in [-0.39, 0.29) is 80.6 Å².